The number of aromatic nitrogens is 1. The maximum absolute atomic E-state index is 13.6. The predicted molar refractivity (Wildman–Crippen MR) is 60.8 cm³/mol. The molecule has 1 aromatic carbocycles. The second-order valence-electron chi connectivity index (χ2n) is 3.37. The number of carbonyl (C=O) groups is 1. The normalized spacial score (nSPS) is 9.56. The van der Waals surface area contributed by atoms with Crippen molar-refractivity contribution in [3.05, 3.63) is 53.5 Å². The summed E-state index contributed by atoms with van der Waals surface area (Å²) in [5, 5.41) is 8.61. The van der Waals surface area contributed by atoms with Crippen LogP contribution in [0.5, 0.6) is 11.6 Å². The fourth-order valence-corrected chi connectivity index (χ4v) is 1.34. The van der Waals surface area contributed by atoms with E-state index in [-0.39, 0.29) is 22.8 Å². The molecule has 2 aromatic rings. The van der Waals surface area contributed by atoms with Crippen LogP contribution in [-0.2, 0) is 0 Å². The van der Waals surface area contributed by atoms with Crippen molar-refractivity contribution in [2.24, 2.45) is 0 Å². The Bertz CT molecular complexity index is 635. The minimum Gasteiger partial charge on any atom is -0.435 e. The van der Waals surface area contributed by atoms with Gasteiger partial charge in [-0.1, -0.05) is 0 Å². The van der Waals surface area contributed by atoms with Gasteiger partial charge in [0.2, 0.25) is 5.88 Å². The van der Waals surface area contributed by atoms with E-state index in [1.165, 1.54) is 24.4 Å². The van der Waals surface area contributed by atoms with E-state index in [2.05, 4.69) is 4.98 Å². The highest BCUT2D eigenvalue weighted by atomic mass is 19.1. The molecule has 4 nitrogen and oxygen atoms in total. The number of hydrogen-bond acceptors (Lipinski definition) is 4. The van der Waals surface area contributed by atoms with E-state index in [0.717, 1.165) is 6.07 Å². The van der Waals surface area contributed by atoms with Crippen LogP contribution in [0.3, 0.4) is 0 Å². The van der Waals surface area contributed by atoms with Crippen molar-refractivity contribution in [2.45, 2.75) is 0 Å². The van der Waals surface area contributed by atoms with Crippen LogP contribution in [0, 0.1) is 17.1 Å². The number of pyridine rings is 1. The van der Waals surface area contributed by atoms with E-state index in [9.17, 15) is 9.18 Å². The molecule has 0 saturated carbocycles. The van der Waals surface area contributed by atoms with Gasteiger partial charge in [-0.25, -0.2) is 9.37 Å². The van der Waals surface area contributed by atoms with Crippen molar-refractivity contribution in [1.29, 1.82) is 5.26 Å². The number of carbonyl (C=O) groups excluding carboxylic acids is 1. The highest BCUT2D eigenvalue weighted by Crippen LogP contribution is 2.25. The van der Waals surface area contributed by atoms with Gasteiger partial charge in [0.05, 0.1) is 17.2 Å². The summed E-state index contributed by atoms with van der Waals surface area (Å²) in [6.45, 7) is 0. The molecule has 0 radical (unpaired) electrons. The maximum Gasteiger partial charge on any atom is 0.229 e. The summed E-state index contributed by atoms with van der Waals surface area (Å²) in [6.07, 6.45) is 2.01. The molecule has 18 heavy (non-hydrogen) atoms. The minimum atomic E-state index is -0.684. The predicted octanol–water partition coefficient (Wildman–Crippen LogP) is 2.70. The quantitative estimate of drug-likeness (QED) is 0.776. The molecule has 2 rings (SSSR count). The Hall–Kier alpha value is -2.74. The zero-order chi connectivity index (χ0) is 13.0. The lowest BCUT2D eigenvalue weighted by molar-refractivity contribution is 0.112. The van der Waals surface area contributed by atoms with Crippen molar-refractivity contribution >= 4 is 6.29 Å². The number of nitrogens with zero attached hydrogens (tertiary/aromatic N) is 2. The molecule has 88 valence electrons. The molecule has 0 N–H and O–H groups in total. The average molecular weight is 242 g/mol. The number of aldehydes is 1. The Kier molecular flexibility index (Phi) is 3.30. The summed E-state index contributed by atoms with van der Waals surface area (Å²) in [7, 11) is 0. The topological polar surface area (TPSA) is 63.0 Å². The fourth-order valence-electron chi connectivity index (χ4n) is 1.34. The molecule has 5 heteroatoms. The van der Waals surface area contributed by atoms with E-state index in [1.807, 2.05) is 6.07 Å². The molecule has 0 unspecified atom stereocenters. The number of halogens is 1. The van der Waals surface area contributed by atoms with Crippen molar-refractivity contribution in [3.8, 4) is 17.7 Å². The second-order valence-corrected chi connectivity index (χ2v) is 3.37. The molecule has 0 spiro atoms. The van der Waals surface area contributed by atoms with Gasteiger partial charge in [-0.2, -0.15) is 5.26 Å². The third-order valence-electron chi connectivity index (χ3n) is 2.20. The van der Waals surface area contributed by atoms with Gasteiger partial charge in [0.15, 0.2) is 17.9 Å². The van der Waals surface area contributed by atoms with E-state index in [1.54, 1.807) is 6.07 Å². The Morgan fingerprint density at radius 1 is 1.39 bits per heavy atom. The van der Waals surface area contributed by atoms with Gasteiger partial charge in [-0.15, -0.1) is 0 Å². The van der Waals surface area contributed by atoms with Crippen molar-refractivity contribution in [3.63, 3.8) is 0 Å². The van der Waals surface area contributed by atoms with Crippen LogP contribution < -0.4 is 4.74 Å². The first kappa shape index (κ1) is 11.7. The maximum atomic E-state index is 13.6. The third kappa shape index (κ3) is 2.33. The summed E-state index contributed by atoms with van der Waals surface area (Å²) in [4.78, 5) is 14.6. The van der Waals surface area contributed by atoms with Crippen LogP contribution in [0.1, 0.15) is 15.9 Å². The Morgan fingerprint density at radius 2 is 2.22 bits per heavy atom. The monoisotopic (exact) mass is 242 g/mol. The lowest BCUT2D eigenvalue weighted by atomic mass is 10.2. The molecule has 0 fully saturated rings. The summed E-state index contributed by atoms with van der Waals surface area (Å²) >= 11 is 0. The van der Waals surface area contributed by atoms with Gasteiger partial charge in [-0.05, 0) is 30.3 Å². The smallest absolute Gasteiger partial charge is 0.229 e. The summed E-state index contributed by atoms with van der Waals surface area (Å²) < 4.78 is 18.8. The molecular weight excluding hydrogens is 235 g/mol. The molecule has 0 aliphatic heterocycles. The highest BCUT2D eigenvalue weighted by Gasteiger charge is 2.09. The molecular formula is C13H7FN2O2. The van der Waals surface area contributed by atoms with Crippen molar-refractivity contribution in [1.82, 2.24) is 4.98 Å². The standard InChI is InChI=1S/C13H7FN2O2/c14-11-6-9(7-15)3-4-12(11)18-13-10(8-17)2-1-5-16-13/h1-6,8H. The second kappa shape index (κ2) is 5.06. The van der Waals surface area contributed by atoms with Gasteiger partial charge >= 0.3 is 0 Å². The first-order valence-electron chi connectivity index (χ1n) is 5.02. The number of hydrogen-bond donors (Lipinski definition) is 0. The van der Waals surface area contributed by atoms with E-state index < -0.39 is 5.82 Å². The molecule has 1 aromatic heterocycles. The molecule has 0 atom stereocenters. The van der Waals surface area contributed by atoms with Gasteiger partial charge in [0.25, 0.3) is 0 Å². The van der Waals surface area contributed by atoms with Gasteiger partial charge in [-0.3, -0.25) is 4.79 Å². The van der Waals surface area contributed by atoms with E-state index in [4.69, 9.17) is 10.00 Å². The van der Waals surface area contributed by atoms with Crippen LogP contribution in [0.15, 0.2) is 36.5 Å². The molecule has 0 amide bonds. The van der Waals surface area contributed by atoms with Crippen molar-refractivity contribution < 1.29 is 13.9 Å². The summed E-state index contributed by atoms with van der Waals surface area (Å²) in [5.74, 6) is -0.747. The number of benzene rings is 1. The fraction of sp³-hybridized carbons (Fsp3) is 0. The third-order valence-corrected chi connectivity index (χ3v) is 2.20. The minimum absolute atomic E-state index is 0.0242. The average Bonchev–Trinajstić information content (AvgIpc) is 2.41. The lowest BCUT2D eigenvalue weighted by Gasteiger charge is -2.07. The Morgan fingerprint density at radius 3 is 2.89 bits per heavy atom. The molecule has 0 bridgehead atoms. The van der Waals surface area contributed by atoms with Crippen LogP contribution in [0.4, 0.5) is 4.39 Å². The highest BCUT2D eigenvalue weighted by molar-refractivity contribution is 5.78. The van der Waals surface area contributed by atoms with Gasteiger partial charge in [0, 0.05) is 6.20 Å². The van der Waals surface area contributed by atoms with E-state index in [0.29, 0.717) is 6.29 Å². The Labute approximate surface area is 102 Å². The summed E-state index contributed by atoms with van der Waals surface area (Å²) in [5.41, 5.74) is 0.415. The Balaban J connectivity index is 2.35. The number of nitriles is 1. The SMILES string of the molecule is N#Cc1ccc(Oc2ncccc2C=O)c(F)c1. The molecule has 0 aliphatic carbocycles. The van der Waals surface area contributed by atoms with Crippen LogP contribution in [0.2, 0.25) is 0 Å². The lowest BCUT2D eigenvalue weighted by Crippen LogP contribution is -1.95. The van der Waals surface area contributed by atoms with Crippen molar-refractivity contribution in [2.75, 3.05) is 0 Å². The summed E-state index contributed by atoms with van der Waals surface area (Å²) in [6, 6.07) is 8.69. The van der Waals surface area contributed by atoms with E-state index >= 15 is 0 Å². The number of ether oxygens (including phenoxy) is 1. The largest absolute Gasteiger partial charge is 0.435 e. The zero-order valence-corrected chi connectivity index (χ0v) is 9.13. The van der Waals surface area contributed by atoms with Crippen LogP contribution in [-0.4, -0.2) is 11.3 Å². The van der Waals surface area contributed by atoms with Crippen LogP contribution in [0.25, 0.3) is 0 Å². The van der Waals surface area contributed by atoms with Gasteiger partial charge < -0.3 is 4.74 Å². The molecule has 0 aliphatic rings. The molecule has 1 heterocycles. The zero-order valence-electron chi connectivity index (χ0n) is 9.13. The first-order valence-corrected chi connectivity index (χ1v) is 5.02. The van der Waals surface area contributed by atoms with Gasteiger partial charge in [0.1, 0.15) is 0 Å². The van der Waals surface area contributed by atoms with Crippen LogP contribution >= 0.6 is 0 Å². The molecule has 0 saturated heterocycles. The first-order chi connectivity index (χ1) is 8.74. The number of rotatable bonds is 3.